The van der Waals surface area contributed by atoms with E-state index in [0.717, 1.165) is 18.2 Å². The van der Waals surface area contributed by atoms with E-state index in [9.17, 15) is 28.1 Å². The molecule has 112 valence electrons. The van der Waals surface area contributed by atoms with E-state index in [1.54, 1.807) is 0 Å². The van der Waals surface area contributed by atoms with Gasteiger partial charge < -0.3 is 4.74 Å². The van der Waals surface area contributed by atoms with Gasteiger partial charge in [0.05, 0.1) is 17.0 Å². The molecule has 1 aliphatic heterocycles. The zero-order chi connectivity index (χ0) is 15.8. The monoisotopic (exact) mass is 314 g/mol. The molecule has 0 saturated heterocycles. The molecule has 0 aliphatic carbocycles. The maximum absolute atomic E-state index is 12.2. The van der Waals surface area contributed by atoms with Crippen LogP contribution in [0.1, 0.15) is 10.4 Å². The number of nitrogens with zero attached hydrogens (tertiary/aromatic N) is 2. The highest BCUT2D eigenvalue weighted by atomic mass is 32.2. The lowest BCUT2D eigenvalue weighted by atomic mass is 10.2. The Hall–Kier alpha value is -2.33. The number of nitro groups is 1. The van der Waals surface area contributed by atoms with Crippen LogP contribution in [0, 0.1) is 10.1 Å². The highest BCUT2D eigenvalue weighted by molar-refractivity contribution is 7.90. The highest BCUT2D eigenvalue weighted by Crippen LogP contribution is 2.32. The zero-order valence-corrected chi connectivity index (χ0v) is 11.6. The van der Waals surface area contributed by atoms with Crippen LogP contribution in [0.5, 0.6) is 0 Å². The van der Waals surface area contributed by atoms with Gasteiger partial charge in [-0.05, 0) is 6.07 Å². The van der Waals surface area contributed by atoms with Gasteiger partial charge >= 0.3 is 0 Å². The molecule has 0 fully saturated rings. The Morgan fingerprint density at radius 3 is 2.67 bits per heavy atom. The summed E-state index contributed by atoms with van der Waals surface area (Å²) in [6, 6.07) is 2.86. The first kappa shape index (κ1) is 15.1. The normalized spacial score (nSPS) is 15.9. The molecule has 1 amide bonds. The van der Waals surface area contributed by atoms with Crippen molar-refractivity contribution in [1.82, 2.24) is 4.31 Å². The Balaban J connectivity index is 2.44. The molecule has 2 rings (SSSR count). The molecule has 1 aromatic carbocycles. The fourth-order valence-corrected chi connectivity index (χ4v) is 3.44. The fourth-order valence-electron chi connectivity index (χ4n) is 1.91. The second-order valence-corrected chi connectivity index (χ2v) is 6.06. The van der Waals surface area contributed by atoms with Gasteiger partial charge in [0.1, 0.15) is 11.5 Å². The first-order valence-electron chi connectivity index (χ1n) is 5.65. The van der Waals surface area contributed by atoms with Gasteiger partial charge in [0, 0.05) is 19.2 Å². The molecule has 0 atom stereocenters. The van der Waals surface area contributed by atoms with Crippen LogP contribution in [0.15, 0.2) is 23.1 Å². The smallest absolute Gasteiger partial charge is 0.270 e. The van der Waals surface area contributed by atoms with Crippen molar-refractivity contribution in [2.75, 3.05) is 20.3 Å². The van der Waals surface area contributed by atoms with Crippen LogP contribution >= 0.6 is 0 Å². The van der Waals surface area contributed by atoms with E-state index in [1.165, 1.54) is 7.11 Å². The van der Waals surface area contributed by atoms with Crippen molar-refractivity contribution in [2.45, 2.75) is 4.90 Å². The van der Waals surface area contributed by atoms with Gasteiger partial charge in [-0.1, -0.05) is 0 Å². The number of methoxy groups -OCH3 is 1. The lowest BCUT2D eigenvalue weighted by Crippen LogP contribution is -2.36. The Kier molecular flexibility index (Phi) is 3.75. The van der Waals surface area contributed by atoms with Gasteiger partial charge in [0.2, 0.25) is 0 Å². The van der Waals surface area contributed by atoms with Crippen LogP contribution < -0.4 is 0 Å². The number of non-ortho nitro benzene ring substituents is 1. The van der Waals surface area contributed by atoms with Crippen molar-refractivity contribution in [2.24, 2.45) is 0 Å². The van der Waals surface area contributed by atoms with E-state index < -0.39 is 38.9 Å². The maximum atomic E-state index is 12.2. The van der Waals surface area contributed by atoms with Gasteiger partial charge in [0.15, 0.2) is 5.78 Å². The largest absolute Gasteiger partial charge is 0.377 e. The van der Waals surface area contributed by atoms with Crippen molar-refractivity contribution in [3.63, 3.8) is 0 Å². The Bertz CT molecular complexity index is 741. The number of benzene rings is 1. The van der Waals surface area contributed by atoms with Crippen LogP contribution in [0.25, 0.3) is 0 Å². The quantitative estimate of drug-likeness (QED) is 0.551. The number of amides is 1. The van der Waals surface area contributed by atoms with E-state index in [2.05, 4.69) is 4.74 Å². The number of hydrogen-bond donors (Lipinski definition) is 0. The standard InChI is InChI=1S/C11H10N2O7S/c1-20-6-8(14)5-12-11(15)9-4-7(13(16)17)2-3-10(9)21(12,18)19/h2-4H,5-6H2,1H3. The van der Waals surface area contributed by atoms with Crippen molar-refractivity contribution >= 4 is 27.4 Å². The van der Waals surface area contributed by atoms with Crippen molar-refractivity contribution in [3.8, 4) is 0 Å². The lowest BCUT2D eigenvalue weighted by molar-refractivity contribution is -0.384. The molecule has 9 nitrogen and oxygen atoms in total. The molecule has 0 saturated carbocycles. The number of carbonyl (C=O) groups is 2. The molecule has 0 bridgehead atoms. The summed E-state index contributed by atoms with van der Waals surface area (Å²) in [5.74, 6) is -1.56. The number of Topliss-reactive ketones (excluding diaryl/α,β-unsaturated/α-hetero) is 1. The number of fused-ring (bicyclic) bond motifs is 1. The van der Waals surface area contributed by atoms with Gasteiger partial charge in [-0.15, -0.1) is 0 Å². The molecule has 1 heterocycles. The molecule has 0 radical (unpaired) electrons. The second kappa shape index (κ2) is 5.22. The maximum Gasteiger partial charge on any atom is 0.270 e. The minimum atomic E-state index is -4.17. The first-order chi connectivity index (χ1) is 9.78. The number of sulfonamides is 1. The number of ketones is 1. The summed E-state index contributed by atoms with van der Waals surface area (Å²) >= 11 is 0. The molecule has 0 unspecified atom stereocenters. The van der Waals surface area contributed by atoms with Gasteiger partial charge in [-0.3, -0.25) is 19.7 Å². The topological polar surface area (TPSA) is 124 Å². The van der Waals surface area contributed by atoms with Crippen LogP contribution in [-0.4, -0.2) is 49.6 Å². The van der Waals surface area contributed by atoms with Crippen LogP contribution in [-0.2, 0) is 19.6 Å². The Morgan fingerprint density at radius 1 is 1.43 bits per heavy atom. The molecule has 0 spiro atoms. The molecular weight excluding hydrogens is 304 g/mol. The summed E-state index contributed by atoms with van der Waals surface area (Å²) in [5.41, 5.74) is -0.711. The number of ether oxygens (including phenoxy) is 1. The summed E-state index contributed by atoms with van der Waals surface area (Å²) in [7, 11) is -2.91. The lowest BCUT2D eigenvalue weighted by Gasteiger charge is -2.13. The van der Waals surface area contributed by atoms with Crippen LogP contribution in [0.3, 0.4) is 0 Å². The second-order valence-electron chi connectivity index (χ2n) is 4.23. The Morgan fingerprint density at radius 2 is 2.10 bits per heavy atom. The summed E-state index contributed by atoms with van der Waals surface area (Å²) in [4.78, 5) is 33.1. The minimum Gasteiger partial charge on any atom is -0.377 e. The molecule has 1 aliphatic rings. The van der Waals surface area contributed by atoms with E-state index >= 15 is 0 Å². The number of carbonyl (C=O) groups excluding carboxylic acids is 2. The zero-order valence-electron chi connectivity index (χ0n) is 10.8. The molecule has 0 N–H and O–H groups in total. The third kappa shape index (κ3) is 2.50. The molecule has 10 heteroatoms. The van der Waals surface area contributed by atoms with Crippen molar-refractivity contribution in [1.29, 1.82) is 0 Å². The van der Waals surface area contributed by atoms with Crippen molar-refractivity contribution < 1.29 is 27.7 Å². The molecule has 21 heavy (non-hydrogen) atoms. The predicted molar refractivity (Wildman–Crippen MR) is 68.2 cm³/mol. The van der Waals surface area contributed by atoms with E-state index in [0.29, 0.717) is 4.31 Å². The predicted octanol–water partition coefficient (Wildman–Crippen LogP) is -0.0452. The number of nitro benzene ring substituents is 1. The van der Waals surface area contributed by atoms with E-state index in [-0.39, 0.29) is 17.1 Å². The third-order valence-electron chi connectivity index (χ3n) is 2.82. The Labute approximate surface area is 119 Å². The van der Waals surface area contributed by atoms with Gasteiger partial charge in [-0.2, -0.15) is 0 Å². The number of rotatable bonds is 5. The number of hydrogen-bond acceptors (Lipinski definition) is 7. The average Bonchev–Trinajstić information content (AvgIpc) is 2.60. The van der Waals surface area contributed by atoms with E-state index in [1.807, 2.05) is 0 Å². The summed E-state index contributed by atoms with van der Waals surface area (Å²) in [6.45, 7) is -1.01. The van der Waals surface area contributed by atoms with E-state index in [4.69, 9.17) is 0 Å². The van der Waals surface area contributed by atoms with Crippen LogP contribution in [0.2, 0.25) is 0 Å². The van der Waals surface area contributed by atoms with Gasteiger partial charge in [-0.25, -0.2) is 12.7 Å². The van der Waals surface area contributed by atoms with Crippen molar-refractivity contribution in [3.05, 3.63) is 33.9 Å². The third-order valence-corrected chi connectivity index (χ3v) is 4.61. The highest BCUT2D eigenvalue weighted by Gasteiger charge is 2.42. The summed E-state index contributed by atoms with van der Waals surface area (Å²) < 4.78 is 29.3. The minimum absolute atomic E-state index is 0.311. The van der Waals surface area contributed by atoms with Crippen LogP contribution in [0.4, 0.5) is 5.69 Å². The average molecular weight is 314 g/mol. The first-order valence-corrected chi connectivity index (χ1v) is 7.09. The fraction of sp³-hybridized carbons (Fsp3) is 0.273. The molecule has 1 aromatic rings. The van der Waals surface area contributed by atoms with Gasteiger partial charge in [0.25, 0.3) is 21.6 Å². The molecule has 0 aromatic heterocycles. The molecular formula is C11H10N2O7S. The SMILES string of the molecule is COCC(=O)CN1C(=O)c2cc([N+](=O)[O-])ccc2S1(=O)=O. The summed E-state index contributed by atoms with van der Waals surface area (Å²) in [6.07, 6.45) is 0. The summed E-state index contributed by atoms with van der Waals surface area (Å²) in [5, 5.41) is 10.7.